The second kappa shape index (κ2) is 4.32. The average Bonchev–Trinajstić information content (AvgIpc) is 2.42. The van der Waals surface area contributed by atoms with Crippen molar-refractivity contribution in [1.82, 2.24) is 4.98 Å². The first kappa shape index (κ1) is 11.6. The van der Waals surface area contributed by atoms with E-state index in [1.54, 1.807) is 6.20 Å². The lowest BCUT2D eigenvalue weighted by Crippen LogP contribution is -2.34. The van der Waals surface area contributed by atoms with Crippen LogP contribution in [0.5, 0.6) is 0 Å². The van der Waals surface area contributed by atoms with E-state index in [0.717, 1.165) is 23.7 Å². The van der Waals surface area contributed by atoms with Crippen molar-refractivity contribution in [1.29, 1.82) is 0 Å². The van der Waals surface area contributed by atoms with E-state index in [-0.39, 0.29) is 6.04 Å². The molecule has 0 bridgehead atoms. The fourth-order valence-electron chi connectivity index (χ4n) is 2.70. The van der Waals surface area contributed by atoms with E-state index in [9.17, 15) is 4.39 Å². The molecule has 1 aromatic carbocycles. The molecule has 0 radical (unpaired) electrons. The molecule has 0 amide bonds. The Balaban J connectivity index is 1.98. The minimum atomic E-state index is -1.24. The van der Waals surface area contributed by atoms with Gasteiger partial charge in [0.15, 0.2) is 0 Å². The Kier molecular flexibility index (Phi) is 2.78. The monoisotopic (exact) mass is 244 g/mol. The zero-order valence-corrected chi connectivity index (χ0v) is 10.3. The number of hydrogen-bond donors (Lipinski definition) is 1. The topological polar surface area (TPSA) is 38.9 Å². The van der Waals surface area contributed by atoms with E-state index in [4.69, 9.17) is 5.73 Å². The van der Waals surface area contributed by atoms with Crippen molar-refractivity contribution in [2.24, 2.45) is 5.73 Å². The summed E-state index contributed by atoms with van der Waals surface area (Å²) < 4.78 is 14.9. The molecule has 94 valence electrons. The first-order valence-electron chi connectivity index (χ1n) is 6.47. The van der Waals surface area contributed by atoms with Crippen LogP contribution in [0.1, 0.15) is 31.2 Å². The zero-order valence-electron chi connectivity index (χ0n) is 10.3. The number of halogens is 1. The highest BCUT2D eigenvalue weighted by Crippen LogP contribution is 2.40. The highest BCUT2D eigenvalue weighted by atomic mass is 19.1. The highest BCUT2D eigenvalue weighted by Gasteiger charge is 2.36. The van der Waals surface area contributed by atoms with Gasteiger partial charge in [-0.25, -0.2) is 4.39 Å². The molecule has 0 atom stereocenters. The summed E-state index contributed by atoms with van der Waals surface area (Å²) in [4.78, 5) is 4.35. The number of nitrogens with zero attached hydrogens (tertiary/aromatic N) is 1. The summed E-state index contributed by atoms with van der Waals surface area (Å²) in [6.07, 6.45) is 4.20. The van der Waals surface area contributed by atoms with Crippen LogP contribution in [-0.2, 0) is 5.67 Å². The molecule has 1 aliphatic carbocycles. The first-order chi connectivity index (χ1) is 8.67. The van der Waals surface area contributed by atoms with Gasteiger partial charge in [0.2, 0.25) is 0 Å². The van der Waals surface area contributed by atoms with Crippen molar-refractivity contribution in [2.45, 2.75) is 37.4 Å². The van der Waals surface area contributed by atoms with Gasteiger partial charge in [-0.1, -0.05) is 18.2 Å². The molecule has 0 spiro atoms. The molecule has 3 heteroatoms. The summed E-state index contributed by atoms with van der Waals surface area (Å²) >= 11 is 0. The number of alkyl halides is 1. The molecular formula is C15H17FN2. The lowest BCUT2D eigenvalue weighted by molar-refractivity contribution is 0.0977. The van der Waals surface area contributed by atoms with Crippen LogP contribution in [0.4, 0.5) is 4.39 Å². The number of hydrogen-bond acceptors (Lipinski definition) is 2. The maximum atomic E-state index is 14.9. The maximum Gasteiger partial charge on any atom is 0.137 e. The summed E-state index contributed by atoms with van der Waals surface area (Å²) in [6, 6.07) is 9.90. The largest absolute Gasteiger partial charge is 0.328 e. The highest BCUT2D eigenvalue weighted by molar-refractivity contribution is 5.78. The van der Waals surface area contributed by atoms with E-state index in [1.807, 2.05) is 30.3 Å². The van der Waals surface area contributed by atoms with Gasteiger partial charge in [0.05, 0.1) is 5.52 Å². The quantitative estimate of drug-likeness (QED) is 0.836. The predicted octanol–water partition coefficient (Wildman–Crippen LogP) is 3.30. The molecular weight excluding hydrogens is 227 g/mol. The van der Waals surface area contributed by atoms with Crippen molar-refractivity contribution in [3.63, 3.8) is 0 Å². The lowest BCUT2D eigenvalue weighted by Gasteiger charge is -2.32. The molecule has 2 N–H and O–H groups in total. The second-order valence-electron chi connectivity index (χ2n) is 5.22. The van der Waals surface area contributed by atoms with Crippen molar-refractivity contribution in [2.75, 3.05) is 0 Å². The number of benzene rings is 1. The van der Waals surface area contributed by atoms with Crippen LogP contribution in [0.3, 0.4) is 0 Å². The normalized spacial score (nSPS) is 28.4. The number of pyridine rings is 1. The second-order valence-corrected chi connectivity index (χ2v) is 5.22. The van der Waals surface area contributed by atoms with Crippen molar-refractivity contribution in [3.8, 4) is 0 Å². The molecule has 1 saturated carbocycles. The Labute approximate surface area is 106 Å². The number of rotatable bonds is 1. The molecule has 2 nitrogen and oxygen atoms in total. The molecule has 0 unspecified atom stereocenters. The Hall–Kier alpha value is -1.48. The summed E-state index contributed by atoms with van der Waals surface area (Å²) in [5.41, 5.74) is 6.22. The van der Waals surface area contributed by atoms with Gasteiger partial charge < -0.3 is 5.73 Å². The summed E-state index contributed by atoms with van der Waals surface area (Å²) in [5.74, 6) is 0. The molecule has 1 aliphatic rings. The van der Waals surface area contributed by atoms with Crippen LogP contribution in [0, 0.1) is 0 Å². The van der Waals surface area contributed by atoms with Gasteiger partial charge in [-0.2, -0.15) is 0 Å². The number of fused-ring (bicyclic) bond motifs is 1. The molecule has 0 aliphatic heterocycles. The lowest BCUT2D eigenvalue weighted by atomic mass is 9.79. The third kappa shape index (κ3) is 1.99. The van der Waals surface area contributed by atoms with Gasteiger partial charge in [-0.3, -0.25) is 4.98 Å². The van der Waals surface area contributed by atoms with E-state index in [1.165, 1.54) is 0 Å². The van der Waals surface area contributed by atoms with E-state index < -0.39 is 5.67 Å². The summed E-state index contributed by atoms with van der Waals surface area (Å²) in [5, 5.41) is 1.00. The van der Waals surface area contributed by atoms with Crippen molar-refractivity contribution in [3.05, 3.63) is 42.1 Å². The SMILES string of the molecule is NC1CCC(F)(c2cnc3ccccc3c2)CC1. The maximum absolute atomic E-state index is 14.9. The summed E-state index contributed by atoms with van der Waals surface area (Å²) in [6.45, 7) is 0. The van der Waals surface area contributed by atoms with E-state index >= 15 is 0 Å². The zero-order chi connectivity index (χ0) is 12.6. The predicted molar refractivity (Wildman–Crippen MR) is 71.0 cm³/mol. The van der Waals surface area contributed by atoms with Crippen LogP contribution in [0.15, 0.2) is 36.5 Å². The molecule has 18 heavy (non-hydrogen) atoms. The fourth-order valence-corrected chi connectivity index (χ4v) is 2.70. The Bertz CT molecular complexity index is 559. The molecule has 1 aromatic heterocycles. The number of aromatic nitrogens is 1. The minimum absolute atomic E-state index is 0.155. The minimum Gasteiger partial charge on any atom is -0.328 e. The number of nitrogens with two attached hydrogens (primary N) is 1. The van der Waals surface area contributed by atoms with Crippen LogP contribution < -0.4 is 5.73 Å². The van der Waals surface area contributed by atoms with Gasteiger partial charge in [0.25, 0.3) is 0 Å². The smallest absolute Gasteiger partial charge is 0.137 e. The van der Waals surface area contributed by atoms with Crippen LogP contribution in [-0.4, -0.2) is 11.0 Å². The standard InChI is InChI=1S/C15H17FN2/c16-15(7-5-13(17)6-8-15)12-9-11-3-1-2-4-14(11)18-10-12/h1-4,9-10,13H,5-8,17H2. The van der Waals surface area contributed by atoms with Crippen LogP contribution >= 0.6 is 0 Å². The Morgan fingerprint density at radius 1 is 1.22 bits per heavy atom. The van der Waals surface area contributed by atoms with Gasteiger partial charge in [0, 0.05) is 23.2 Å². The van der Waals surface area contributed by atoms with E-state index in [0.29, 0.717) is 18.4 Å². The third-order valence-electron chi connectivity index (χ3n) is 3.93. The molecule has 0 saturated heterocycles. The third-order valence-corrected chi connectivity index (χ3v) is 3.93. The number of para-hydroxylation sites is 1. The molecule has 1 heterocycles. The van der Waals surface area contributed by atoms with Crippen molar-refractivity contribution >= 4 is 10.9 Å². The molecule has 1 fully saturated rings. The fraction of sp³-hybridized carbons (Fsp3) is 0.400. The first-order valence-corrected chi connectivity index (χ1v) is 6.47. The van der Waals surface area contributed by atoms with Gasteiger partial charge in [-0.05, 0) is 37.8 Å². The van der Waals surface area contributed by atoms with E-state index in [2.05, 4.69) is 4.98 Å². The Morgan fingerprint density at radius 2 is 1.94 bits per heavy atom. The van der Waals surface area contributed by atoms with Crippen LogP contribution in [0.2, 0.25) is 0 Å². The van der Waals surface area contributed by atoms with Crippen LogP contribution in [0.25, 0.3) is 10.9 Å². The summed E-state index contributed by atoms with van der Waals surface area (Å²) in [7, 11) is 0. The van der Waals surface area contributed by atoms with Crippen molar-refractivity contribution < 1.29 is 4.39 Å². The average molecular weight is 244 g/mol. The molecule has 3 rings (SSSR count). The molecule has 2 aromatic rings. The van der Waals surface area contributed by atoms with Gasteiger partial charge in [0.1, 0.15) is 5.67 Å². The Morgan fingerprint density at radius 3 is 2.72 bits per heavy atom. The van der Waals surface area contributed by atoms with Gasteiger partial charge in [-0.15, -0.1) is 0 Å². The van der Waals surface area contributed by atoms with Gasteiger partial charge >= 0.3 is 0 Å².